The maximum atomic E-state index is 13.1. The Labute approximate surface area is 178 Å². The maximum absolute atomic E-state index is 13.1. The van der Waals surface area contributed by atoms with Crippen LogP contribution in [0.5, 0.6) is 0 Å². The van der Waals surface area contributed by atoms with Crippen molar-refractivity contribution in [3.05, 3.63) is 76.0 Å². The van der Waals surface area contributed by atoms with Crippen LogP contribution in [0.3, 0.4) is 0 Å². The van der Waals surface area contributed by atoms with Gasteiger partial charge in [0.15, 0.2) is 0 Å². The molecule has 1 aliphatic heterocycles. The smallest absolute Gasteiger partial charge is 0.336 e. The van der Waals surface area contributed by atoms with Crippen LogP contribution in [0.1, 0.15) is 5.56 Å². The van der Waals surface area contributed by atoms with Crippen molar-refractivity contribution in [2.24, 2.45) is 0 Å². The van der Waals surface area contributed by atoms with Crippen molar-refractivity contribution in [1.29, 1.82) is 0 Å². The number of rotatable bonds is 4. The van der Waals surface area contributed by atoms with E-state index in [1.165, 1.54) is 32.1 Å². The Bertz CT molecular complexity index is 1380. The number of hydrogen-bond acceptors (Lipinski definition) is 6. The molecule has 8 heteroatoms. The monoisotopic (exact) mass is 440 g/mol. The molecule has 1 aliphatic rings. The van der Waals surface area contributed by atoms with E-state index in [2.05, 4.69) is 28.5 Å². The highest BCUT2D eigenvalue weighted by atomic mass is 32.2. The van der Waals surface area contributed by atoms with Crippen molar-refractivity contribution in [2.45, 2.75) is 11.4 Å². The van der Waals surface area contributed by atoms with Crippen molar-refractivity contribution in [3.8, 4) is 0 Å². The highest BCUT2D eigenvalue weighted by Crippen LogP contribution is 2.27. The van der Waals surface area contributed by atoms with E-state index in [-0.39, 0.29) is 4.90 Å². The molecule has 2 aromatic heterocycles. The van der Waals surface area contributed by atoms with Crippen LogP contribution in [0.15, 0.2) is 74.1 Å². The third-order valence-corrected chi connectivity index (χ3v) is 8.42. The van der Waals surface area contributed by atoms with Crippen LogP contribution >= 0.6 is 11.3 Å². The van der Waals surface area contributed by atoms with Gasteiger partial charge in [-0.25, -0.2) is 13.2 Å². The SMILES string of the molecule is O=c1ccc2cc(S(=O)(=O)N3CCN(Cc4csc5ccccc45)CC3)ccc2o1. The summed E-state index contributed by atoms with van der Waals surface area (Å²) in [6.45, 7) is 3.10. The van der Waals surface area contributed by atoms with E-state index >= 15 is 0 Å². The Kier molecular flexibility index (Phi) is 4.94. The summed E-state index contributed by atoms with van der Waals surface area (Å²) >= 11 is 1.75. The number of fused-ring (bicyclic) bond motifs is 2. The third-order valence-electron chi connectivity index (χ3n) is 5.51. The predicted octanol–water partition coefficient (Wildman–Crippen LogP) is 3.51. The van der Waals surface area contributed by atoms with E-state index in [1.807, 2.05) is 6.07 Å². The number of piperazine rings is 1. The van der Waals surface area contributed by atoms with Gasteiger partial charge in [-0.3, -0.25) is 4.90 Å². The molecule has 0 atom stereocenters. The first kappa shape index (κ1) is 19.4. The largest absolute Gasteiger partial charge is 0.423 e. The van der Waals surface area contributed by atoms with Crippen LogP contribution in [0.25, 0.3) is 21.1 Å². The number of thiophene rings is 1. The minimum atomic E-state index is -3.59. The van der Waals surface area contributed by atoms with Gasteiger partial charge in [-0.15, -0.1) is 11.3 Å². The molecule has 0 bridgehead atoms. The average molecular weight is 441 g/mol. The molecule has 0 aliphatic carbocycles. The first-order valence-electron chi connectivity index (χ1n) is 9.72. The molecule has 3 heterocycles. The number of nitrogens with zero attached hydrogens (tertiary/aromatic N) is 2. The van der Waals surface area contributed by atoms with Gasteiger partial charge >= 0.3 is 5.63 Å². The molecule has 0 saturated carbocycles. The Morgan fingerprint density at radius 2 is 1.77 bits per heavy atom. The van der Waals surface area contributed by atoms with Crippen LogP contribution in [-0.2, 0) is 16.6 Å². The van der Waals surface area contributed by atoms with E-state index in [0.717, 1.165) is 6.54 Å². The quantitative estimate of drug-likeness (QED) is 0.454. The molecule has 5 rings (SSSR count). The molecule has 6 nitrogen and oxygen atoms in total. The number of sulfonamides is 1. The molecule has 4 aromatic rings. The molecule has 2 aromatic carbocycles. The first-order chi connectivity index (χ1) is 14.5. The summed E-state index contributed by atoms with van der Waals surface area (Å²) in [6.07, 6.45) is 0. The maximum Gasteiger partial charge on any atom is 0.336 e. The third kappa shape index (κ3) is 3.56. The van der Waals surface area contributed by atoms with E-state index in [0.29, 0.717) is 37.1 Å². The van der Waals surface area contributed by atoms with Gasteiger partial charge in [0, 0.05) is 48.9 Å². The van der Waals surface area contributed by atoms with Crippen LogP contribution in [0.4, 0.5) is 0 Å². The van der Waals surface area contributed by atoms with E-state index in [1.54, 1.807) is 29.5 Å². The number of benzene rings is 2. The summed E-state index contributed by atoms with van der Waals surface area (Å²) in [6, 6.07) is 15.9. The second kappa shape index (κ2) is 7.63. The molecule has 0 spiro atoms. The van der Waals surface area contributed by atoms with Crippen LogP contribution in [0, 0.1) is 0 Å². The topological polar surface area (TPSA) is 70.8 Å². The number of hydrogen-bond donors (Lipinski definition) is 0. The molecule has 154 valence electrons. The Morgan fingerprint density at radius 1 is 0.967 bits per heavy atom. The van der Waals surface area contributed by atoms with Crippen molar-refractivity contribution in [3.63, 3.8) is 0 Å². The van der Waals surface area contributed by atoms with Gasteiger partial charge in [0.05, 0.1) is 4.90 Å². The summed E-state index contributed by atoms with van der Waals surface area (Å²) in [5.74, 6) is 0. The van der Waals surface area contributed by atoms with Gasteiger partial charge in [0.25, 0.3) is 0 Å². The second-order valence-corrected chi connectivity index (χ2v) is 10.2. The lowest BCUT2D eigenvalue weighted by Gasteiger charge is -2.34. The predicted molar refractivity (Wildman–Crippen MR) is 118 cm³/mol. The second-order valence-electron chi connectivity index (χ2n) is 7.39. The molecule has 1 fully saturated rings. The van der Waals surface area contributed by atoms with E-state index in [4.69, 9.17) is 4.42 Å². The van der Waals surface area contributed by atoms with Crippen LogP contribution < -0.4 is 5.63 Å². The standard InChI is InChI=1S/C22H20N2O4S2/c25-22-8-5-16-13-18(6-7-20(16)28-22)30(26,27)24-11-9-23(10-12-24)14-17-15-29-21-4-2-1-3-19(17)21/h1-8,13,15H,9-12,14H2. The van der Waals surface area contributed by atoms with E-state index in [9.17, 15) is 13.2 Å². The highest BCUT2D eigenvalue weighted by molar-refractivity contribution is 7.89. The van der Waals surface area contributed by atoms with Gasteiger partial charge in [-0.1, -0.05) is 18.2 Å². The van der Waals surface area contributed by atoms with Gasteiger partial charge in [0.1, 0.15) is 5.58 Å². The lowest BCUT2D eigenvalue weighted by Crippen LogP contribution is -2.48. The van der Waals surface area contributed by atoms with Gasteiger partial charge < -0.3 is 4.42 Å². The summed E-state index contributed by atoms with van der Waals surface area (Å²) in [4.78, 5) is 13.9. The first-order valence-corrected chi connectivity index (χ1v) is 12.0. The molecule has 30 heavy (non-hydrogen) atoms. The van der Waals surface area contributed by atoms with Crippen molar-refractivity contribution in [1.82, 2.24) is 9.21 Å². The zero-order valence-electron chi connectivity index (χ0n) is 16.2. The Morgan fingerprint density at radius 3 is 2.60 bits per heavy atom. The van der Waals surface area contributed by atoms with Crippen LogP contribution in [0.2, 0.25) is 0 Å². The molecule has 1 saturated heterocycles. The molecule has 0 amide bonds. The Hall–Kier alpha value is -2.52. The molecule has 0 unspecified atom stereocenters. The van der Waals surface area contributed by atoms with Crippen molar-refractivity contribution >= 4 is 42.4 Å². The lowest BCUT2D eigenvalue weighted by molar-refractivity contribution is 0.182. The van der Waals surface area contributed by atoms with Gasteiger partial charge in [0.2, 0.25) is 10.0 Å². The molecular weight excluding hydrogens is 420 g/mol. The summed E-state index contributed by atoms with van der Waals surface area (Å²) in [7, 11) is -3.59. The zero-order chi connectivity index (χ0) is 20.7. The minimum Gasteiger partial charge on any atom is -0.423 e. The lowest BCUT2D eigenvalue weighted by atomic mass is 10.1. The van der Waals surface area contributed by atoms with Crippen molar-refractivity contribution in [2.75, 3.05) is 26.2 Å². The van der Waals surface area contributed by atoms with Crippen LogP contribution in [-0.4, -0.2) is 43.8 Å². The summed E-state index contributed by atoms with van der Waals surface area (Å²) < 4.78 is 34.1. The zero-order valence-corrected chi connectivity index (χ0v) is 17.8. The molecule has 0 radical (unpaired) electrons. The summed E-state index contributed by atoms with van der Waals surface area (Å²) in [5.41, 5.74) is 1.23. The van der Waals surface area contributed by atoms with Gasteiger partial charge in [-0.05, 0) is 46.7 Å². The van der Waals surface area contributed by atoms with Crippen molar-refractivity contribution < 1.29 is 12.8 Å². The summed E-state index contributed by atoms with van der Waals surface area (Å²) in [5, 5.41) is 4.07. The molecule has 0 N–H and O–H groups in total. The fourth-order valence-electron chi connectivity index (χ4n) is 3.88. The fraction of sp³-hybridized carbons (Fsp3) is 0.227. The Balaban J connectivity index is 1.31. The average Bonchev–Trinajstić information content (AvgIpc) is 3.16. The van der Waals surface area contributed by atoms with Gasteiger partial charge in [-0.2, -0.15) is 4.31 Å². The normalized spacial score (nSPS) is 16.4. The van der Waals surface area contributed by atoms with E-state index < -0.39 is 15.6 Å². The minimum absolute atomic E-state index is 0.223. The molecular formula is C22H20N2O4S2. The highest BCUT2D eigenvalue weighted by Gasteiger charge is 2.29. The fourth-order valence-corrected chi connectivity index (χ4v) is 6.30.